The van der Waals surface area contributed by atoms with E-state index < -0.39 is 22.0 Å². The zero-order valence-electron chi connectivity index (χ0n) is 24.6. The van der Waals surface area contributed by atoms with Crippen molar-refractivity contribution < 1.29 is 22.4 Å². The zero-order chi connectivity index (χ0) is 30.0. The van der Waals surface area contributed by atoms with E-state index in [1.807, 2.05) is 19.1 Å². The van der Waals surface area contributed by atoms with E-state index in [2.05, 4.69) is 28.2 Å². The summed E-state index contributed by atoms with van der Waals surface area (Å²) in [5.41, 5.74) is 6.96. The van der Waals surface area contributed by atoms with Crippen LogP contribution in [0.3, 0.4) is 0 Å². The van der Waals surface area contributed by atoms with Gasteiger partial charge in [-0.25, -0.2) is 13.8 Å². The highest BCUT2D eigenvalue weighted by atomic mass is 32.2. The van der Waals surface area contributed by atoms with Gasteiger partial charge in [-0.15, -0.1) is 5.10 Å². The number of aryl methyl sites for hydroxylation is 3. The molecule has 224 valence electrons. The summed E-state index contributed by atoms with van der Waals surface area (Å²) >= 11 is 0. The van der Waals surface area contributed by atoms with Crippen LogP contribution < -0.4 is 20.4 Å². The lowest BCUT2D eigenvalue weighted by atomic mass is 9.79. The molecule has 1 saturated carbocycles. The van der Waals surface area contributed by atoms with Gasteiger partial charge in [-0.2, -0.15) is 4.72 Å². The number of amides is 1. The summed E-state index contributed by atoms with van der Waals surface area (Å²) in [6.45, 7) is 3.94. The third-order valence-corrected chi connectivity index (χ3v) is 10.1. The second kappa shape index (κ2) is 12.0. The zero-order valence-corrected chi connectivity index (χ0v) is 25.4. The molecule has 3 aromatic carbocycles. The molecular weight excluding hydrogens is 562 g/mol. The van der Waals surface area contributed by atoms with Gasteiger partial charge < -0.3 is 9.15 Å². The SMILES string of the molecule is CCc1c/c(=N/NC(=O)C(NS(=O)(=O)c2ccc(C)cc2)c2ccccc2)oc2cc3c(cc12)CCC1(CCCCC1)O3. The molecule has 9 heteroatoms. The van der Waals surface area contributed by atoms with Gasteiger partial charge in [0.2, 0.25) is 15.6 Å². The van der Waals surface area contributed by atoms with Gasteiger partial charge in [-0.3, -0.25) is 4.79 Å². The molecule has 4 aromatic rings. The number of rotatable bonds is 7. The molecule has 1 spiro atoms. The molecule has 0 saturated heterocycles. The fraction of sp³-hybridized carbons (Fsp3) is 0.353. The van der Waals surface area contributed by atoms with Crippen molar-refractivity contribution in [2.75, 3.05) is 0 Å². The summed E-state index contributed by atoms with van der Waals surface area (Å²) in [6.07, 6.45) is 8.59. The van der Waals surface area contributed by atoms with Crippen molar-refractivity contribution in [1.29, 1.82) is 0 Å². The topological polar surface area (TPSA) is 110 Å². The van der Waals surface area contributed by atoms with Gasteiger partial charge >= 0.3 is 0 Å². The summed E-state index contributed by atoms with van der Waals surface area (Å²) in [5, 5.41) is 5.28. The second-order valence-corrected chi connectivity index (χ2v) is 13.3. The third-order valence-electron chi connectivity index (χ3n) is 8.62. The summed E-state index contributed by atoms with van der Waals surface area (Å²) in [4.78, 5) is 13.5. The van der Waals surface area contributed by atoms with Crippen LogP contribution in [0, 0.1) is 6.92 Å². The lowest BCUT2D eigenvalue weighted by Gasteiger charge is -2.41. The Kier molecular flexibility index (Phi) is 8.11. The predicted octanol–water partition coefficient (Wildman–Crippen LogP) is 5.98. The van der Waals surface area contributed by atoms with E-state index >= 15 is 0 Å². The molecule has 2 heterocycles. The van der Waals surface area contributed by atoms with Crippen molar-refractivity contribution in [2.24, 2.45) is 5.10 Å². The minimum Gasteiger partial charge on any atom is -0.487 e. The Hall–Kier alpha value is -3.95. The van der Waals surface area contributed by atoms with Crippen LogP contribution in [0.25, 0.3) is 11.0 Å². The molecule has 1 atom stereocenters. The highest BCUT2D eigenvalue weighted by Gasteiger charge is 2.37. The van der Waals surface area contributed by atoms with Crippen LogP contribution >= 0.6 is 0 Å². The Morgan fingerprint density at radius 2 is 1.72 bits per heavy atom. The van der Waals surface area contributed by atoms with E-state index in [9.17, 15) is 13.2 Å². The number of nitrogens with zero attached hydrogens (tertiary/aromatic N) is 1. The van der Waals surface area contributed by atoms with Crippen molar-refractivity contribution in [3.8, 4) is 5.75 Å². The number of fused-ring (bicyclic) bond motifs is 2. The van der Waals surface area contributed by atoms with E-state index in [0.717, 1.165) is 54.4 Å². The quantitative estimate of drug-likeness (QED) is 0.254. The minimum atomic E-state index is -4.00. The van der Waals surface area contributed by atoms with Gasteiger partial charge in [-0.1, -0.05) is 61.4 Å². The normalized spacial score (nSPS) is 17.3. The molecule has 1 unspecified atom stereocenters. The van der Waals surface area contributed by atoms with Crippen LogP contribution in [-0.2, 0) is 27.7 Å². The number of ether oxygens (including phenoxy) is 1. The van der Waals surface area contributed by atoms with E-state index in [0.29, 0.717) is 11.1 Å². The van der Waals surface area contributed by atoms with Gasteiger partial charge in [0.05, 0.1) is 4.90 Å². The average molecular weight is 600 g/mol. The number of benzene rings is 3. The number of nitrogens with one attached hydrogen (secondary N) is 2. The molecule has 1 fully saturated rings. The van der Waals surface area contributed by atoms with Crippen LogP contribution in [0.2, 0.25) is 0 Å². The van der Waals surface area contributed by atoms with Crippen molar-refractivity contribution in [3.63, 3.8) is 0 Å². The van der Waals surface area contributed by atoms with Crippen LogP contribution in [-0.4, -0.2) is 19.9 Å². The van der Waals surface area contributed by atoms with Gasteiger partial charge in [0, 0.05) is 17.5 Å². The predicted molar refractivity (Wildman–Crippen MR) is 165 cm³/mol. The molecule has 1 amide bonds. The van der Waals surface area contributed by atoms with Crippen LogP contribution in [0.4, 0.5) is 0 Å². The van der Waals surface area contributed by atoms with E-state index in [-0.39, 0.29) is 16.1 Å². The fourth-order valence-corrected chi connectivity index (χ4v) is 7.36. The molecular formula is C34H37N3O5S. The molecule has 1 aromatic heterocycles. The maximum atomic E-state index is 13.5. The van der Waals surface area contributed by atoms with Crippen LogP contribution in [0.5, 0.6) is 5.75 Å². The summed E-state index contributed by atoms with van der Waals surface area (Å²) in [5.74, 6) is 0.227. The number of sulfonamides is 1. The first-order valence-corrected chi connectivity index (χ1v) is 16.5. The Morgan fingerprint density at radius 3 is 2.44 bits per heavy atom. The monoisotopic (exact) mass is 599 g/mol. The van der Waals surface area contributed by atoms with Crippen molar-refractivity contribution in [2.45, 2.75) is 81.8 Å². The smallest absolute Gasteiger partial charge is 0.262 e. The van der Waals surface area contributed by atoms with Crippen LogP contribution in [0.1, 0.15) is 73.7 Å². The number of carbonyl (C=O) groups is 1. The summed E-state index contributed by atoms with van der Waals surface area (Å²) in [7, 11) is -4.00. The lowest BCUT2D eigenvalue weighted by Crippen LogP contribution is -2.41. The fourth-order valence-electron chi connectivity index (χ4n) is 6.18. The molecule has 2 aliphatic rings. The largest absolute Gasteiger partial charge is 0.487 e. The summed E-state index contributed by atoms with van der Waals surface area (Å²) in [6, 6.07) is 19.9. The van der Waals surface area contributed by atoms with E-state index in [1.54, 1.807) is 42.5 Å². The number of hydrogen-bond acceptors (Lipinski definition) is 6. The summed E-state index contributed by atoms with van der Waals surface area (Å²) < 4.78 is 41.8. The van der Waals surface area contributed by atoms with E-state index in [1.165, 1.54) is 37.0 Å². The highest BCUT2D eigenvalue weighted by Crippen LogP contribution is 2.43. The standard InChI is InChI=1S/C34H37N3O5S/c1-3-24-21-31(41-30-22-29-26(20-28(24)30)16-19-34(42-29)17-8-5-9-18-34)35-36-33(38)32(25-10-6-4-7-11-25)37-43(39,40)27-14-12-23(2)13-15-27/h4,6-7,10-15,20-22,32,37H,3,5,8-9,16-19H2,1-2H3,(H,36,38)/b35-31-. The van der Waals surface area contributed by atoms with Gasteiger partial charge in [0.1, 0.15) is 23.0 Å². The molecule has 1 aliphatic carbocycles. The molecule has 2 N–H and O–H groups in total. The second-order valence-electron chi connectivity index (χ2n) is 11.6. The van der Waals surface area contributed by atoms with Crippen LogP contribution in [0.15, 0.2) is 87.2 Å². The third kappa shape index (κ3) is 6.24. The number of hydrogen-bond donors (Lipinski definition) is 2. The van der Waals surface area contributed by atoms with E-state index in [4.69, 9.17) is 9.15 Å². The lowest BCUT2D eigenvalue weighted by molar-refractivity contribution is -0.123. The molecule has 43 heavy (non-hydrogen) atoms. The van der Waals surface area contributed by atoms with Gasteiger partial charge in [0.15, 0.2) is 0 Å². The number of carbonyl (C=O) groups excluding carboxylic acids is 1. The Labute approximate surface area is 252 Å². The molecule has 0 bridgehead atoms. The Morgan fingerprint density at radius 1 is 0.977 bits per heavy atom. The highest BCUT2D eigenvalue weighted by molar-refractivity contribution is 7.89. The molecule has 0 radical (unpaired) electrons. The minimum absolute atomic E-state index is 0.0708. The van der Waals surface area contributed by atoms with Crippen molar-refractivity contribution in [3.05, 3.63) is 101 Å². The first-order chi connectivity index (χ1) is 20.7. The molecule has 6 rings (SSSR count). The average Bonchev–Trinajstić information content (AvgIpc) is 3.02. The maximum Gasteiger partial charge on any atom is 0.262 e. The van der Waals surface area contributed by atoms with Gasteiger partial charge in [-0.05, 0) is 86.8 Å². The van der Waals surface area contributed by atoms with Crippen molar-refractivity contribution >= 4 is 26.9 Å². The first-order valence-electron chi connectivity index (χ1n) is 15.0. The molecule has 1 aliphatic heterocycles. The van der Waals surface area contributed by atoms with Gasteiger partial charge in [0.25, 0.3) is 5.91 Å². The van der Waals surface area contributed by atoms with Crippen molar-refractivity contribution in [1.82, 2.24) is 10.1 Å². The maximum absolute atomic E-state index is 13.5. The first kappa shape index (κ1) is 29.1. The Bertz CT molecular complexity index is 1810. The Balaban J connectivity index is 1.30. The molecule has 8 nitrogen and oxygen atoms in total.